The van der Waals surface area contributed by atoms with Crippen molar-refractivity contribution < 1.29 is 4.79 Å². The number of pyridine rings is 1. The van der Waals surface area contributed by atoms with Gasteiger partial charge in [0.15, 0.2) is 0 Å². The first-order valence-electron chi connectivity index (χ1n) is 4.24. The summed E-state index contributed by atoms with van der Waals surface area (Å²) < 4.78 is 0. The Kier molecular flexibility index (Phi) is 3.25. The van der Waals surface area contributed by atoms with Crippen LogP contribution < -0.4 is 11.1 Å². The third-order valence-corrected chi connectivity index (χ3v) is 1.62. The van der Waals surface area contributed by atoms with Crippen LogP contribution in [-0.4, -0.2) is 17.4 Å². The summed E-state index contributed by atoms with van der Waals surface area (Å²) in [5.74, 6) is 0.114. The lowest BCUT2D eigenvalue weighted by atomic mass is 10.2. The average molecular weight is 179 g/mol. The van der Waals surface area contributed by atoms with Gasteiger partial charge >= 0.3 is 0 Å². The van der Waals surface area contributed by atoms with Crippen molar-refractivity contribution >= 4 is 11.7 Å². The van der Waals surface area contributed by atoms with Crippen LogP contribution in [0.4, 0.5) is 5.82 Å². The quantitative estimate of drug-likeness (QED) is 0.724. The minimum atomic E-state index is -0.452. The van der Waals surface area contributed by atoms with E-state index in [1.807, 2.05) is 6.92 Å². The standard InChI is InChI=1S/C9H13N3O/c1-2-5-11-9-7(8(10)13)4-3-6-12-9/h3-4,6H,2,5H2,1H3,(H2,10,13)(H,11,12). The molecule has 3 N–H and O–H groups in total. The molecule has 0 aliphatic heterocycles. The number of aromatic nitrogens is 1. The Balaban J connectivity index is 2.84. The van der Waals surface area contributed by atoms with E-state index < -0.39 is 5.91 Å². The second-order valence-corrected chi connectivity index (χ2v) is 2.69. The van der Waals surface area contributed by atoms with Crippen molar-refractivity contribution in [2.24, 2.45) is 5.73 Å². The molecule has 4 heteroatoms. The first kappa shape index (κ1) is 9.51. The summed E-state index contributed by atoms with van der Waals surface area (Å²) in [6.07, 6.45) is 2.61. The highest BCUT2D eigenvalue weighted by Crippen LogP contribution is 2.09. The molecule has 1 rings (SSSR count). The fraction of sp³-hybridized carbons (Fsp3) is 0.333. The Morgan fingerprint density at radius 1 is 1.69 bits per heavy atom. The van der Waals surface area contributed by atoms with Crippen LogP contribution in [0.15, 0.2) is 18.3 Å². The van der Waals surface area contributed by atoms with Crippen LogP contribution in [0, 0.1) is 0 Å². The third-order valence-electron chi connectivity index (χ3n) is 1.62. The van der Waals surface area contributed by atoms with Crippen LogP contribution in [0.1, 0.15) is 23.7 Å². The number of carbonyl (C=O) groups is 1. The minimum absolute atomic E-state index is 0.441. The van der Waals surface area contributed by atoms with E-state index in [2.05, 4.69) is 10.3 Å². The Hall–Kier alpha value is -1.58. The Bertz CT molecular complexity index is 299. The van der Waals surface area contributed by atoms with Crippen LogP contribution in [0.5, 0.6) is 0 Å². The van der Waals surface area contributed by atoms with Gasteiger partial charge in [0.2, 0.25) is 0 Å². The van der Waals surface area contributed by atoms with Crippen molar-refractivity contribution in [1.82, 2.24) is 4.98 Å². The molecule has 13 heavy (non-hydrogen) atoms. The van der Waals surface area contributed by atoms with Crippen molar-refractivity contribution in [2.45, 2.75) is 13.3 Å². The van der Waals surface area contributed by atoms with Gasteiger partial charge in [0, 0.05) is 12.7 Å². The molecule has 0 atom stereocenters. The molecular weight excluding hydrogens is 166 g/mol. The molecule has 0 radical (unpaired) electrons. The summed E-state index contributed by atoms with van der Waals surface area (Å²) in [7, 11) is 0. The van der Waals surface area contributed by atoms with Gasteiger partial charge in [0.05, 0.1) is 5.56 Å². The number of nitrogens with one attached hydrogen (secondary N) is 1. The molecule has 1 aromatic rings. The summed E-state index contributed by atoms with van der Waals surface area (Å²) in [5, 5.41) is 3.03. The fourth-order valence-corrected chi connectivity index (χ4v) is 0.988. The lowest BCUT2D eigenvalue weighted by Gasteiger charge is -2.06. The van der Waals surface area contributed by atoms with Crippen molar-refractivity contribution in [3.05, 3.63) is 23.9 Å². The fourth-order valence-electron chi connectivity index (χ4n) is 0.988. The molecule has 0 unspecified atom stereocenters. The molecule has 1 aromatic heterocycles. The molecule has 0 aromatic carbocycles. The molecular formula is C9H13N3O. The van der Waals surface area contributed by atoms with Gasteiger partial charge < -0.3 is 11.1 Å². The second kappa shape index (κ2) is 4.45. The van der Waals surface area contributed by atoms with E-state index in [0.717, 1.165) is 13.0 Å². The first-order chi connectivity index (χ1) is 6.25. The number of hydrogen-bond donors (Lipinski definition) is 2. The average Bonchev–Trinajstić information content (AvgIpc) is 2.15. The van der Waals surface area contributed by atoms with E-state index in [1.165, 1.54) is 0 Å². The molecule has 0 saturated heterocycles. The van der Waals surface area contributed by atoms with Crippen molar-refractivity contribution in [2.75, 3.05) is 11.9 Å². The lowest BCUT2D eigenvalue weighted by molar-refractivity contribution is 0.100. The summed E-state index contributed by atoms with van der Waals surface area (Å²) in [5.41, 5.74) is 5.61. The van der Waals surface area contributed by atoms with E-state index >= 15 is 0 Å². The van der Waals surface area contributed by atoms with Crippen molar-refractivity contribution in [3.8, 4) is 0 Å². The molecule has 0 aliphatic carbocycles. The lowest BCUT2D eigenvalue weighted by Crippen LogP contribution is -2.15. The zero-order valence-corrected chi connectivity index (χ0v) is 7.58. The normalized spacial score (nSPS) is 9.62. The van der Waals surface area contributed by atoms with Crippen LogP contribution in [0.25, 0.3) is 0 Å². The number of nitrogens with zero attached hydrogens (tertiary/aromatic N) is 1. The Labute approximate surface area is 77.2 Å². The molecule has 0 spiro atoms. The number of amides is 1. The van der Waals surface area contributed by atoms with Gasteiger partial charge in [-0.1, -0.05) is 6.92 Å². The van der Waals surface area contributed by atoms with Gasteiger partial charge in [0.1, 0.15) is 5.82 Å². The number of carbonyl (C=O) groups excluding carboxylic acids is 1. The van der Waals surface area contributed by atoms with Crippen LogP contribution in [0.3, 0.4) is 0 Å². The minimum Gasteiger partial charge on any atom is -0.369 e. The van der Waals surface area contributed by atoms with Crippen LogP contribution in [-0.2, 0) is 0 Å². The van der Waals surface area contributed by atoms with Gasteiger partial charge in [-0.2, -0.15) is 0 Å². The Morgan fingerprint density at radius 3 is 3.08 bits per heavy atom. The maximum absolute atomic E-state index is 10.9. The molecule has 1 amide bonds. The summed E-state index contributed by atoms with van der Waals surface area (Å²) in [6.45, 7) is 2.83. The second-order valence-electron chi connectivity index (χ2n) is 2.69. The first-order valence-corrected chi connectivity index (χ1v) is 4.24. The maximum atomic E-state index is 10.9. The largest absolute Gasteiger partial charge is 0.369 e. The van der Waals surface area contributed by atoms with E-state index in [1.54, 1.807) is 18.3 Å². The molecule has 0 fully saturated rings. The molecule has 1 heterocycles. The highest BCUT2D eigenvalue weighted by molar-refractivity contribution is 5.97. The van der Waals surface area contributed by atoms with Gasteiger partial charge in [0.25, 0.3) is 5.91 Å². The number of nitrogens with two attached hydrogens (primary N) is 1. The summed E-state index contributed by atoms with van der Waals surface area (Å²) >= 11 is 0. The third kappa shape index (κ3) is 2.43. The monoisotopic (exact) mass is 179 g/mol. The SMILES string of the molecule is CCCNc1ncccc1C(N)=O. The van der Waals surface area contributed by atoms with E-state index in [0.29, 0.717) is 11.4 Å². The van der Waals surface area contributed by atoms with Gasteiger partial charge in [-0.15, -0.1) is 0 Å². The number of anilines is 1. The maximum Gasteiger partial charge on any atom is 0.252 e. The van der Waals surface area contributed by atoms with E-state index in [4.69, 9.17) is 5.73 Å². The number of hydrogen-bond acceptors (Lipinski definition) is 3. The number of rotatable bonds is 4. The summed E-state index contributed by atoms with van der Waals surface area (Å²) in [6, 6.07) is 3.35. The smallest absolute Gasteiger partial charge is 0.252 e. The van der Waals surface area contributed by atoms with Crippen molar-refractivity contribution in [3.63, 3.8) is 0 Å². The molecule has 0 bridgehead atoms. The molecule has 70 valence electrons. The predicted molar refractivity (Wildman–Crippen MR) is 51.5 cm³/mol. The highest BCUT2D eigenvalue weighted by Gasteiger charge is 2.06. The predicted octanol–water partition coefficient (Wildman–Crippen LogP) is 1.00. The topological polar surface area (TPSA) is 68.0 Å². The van der Waals surface area contributed by atoms with Crippen molar-refractivity contribution in [1.29, 1.82) is 0 Å². The van der Waals surface area contributed by atoms with Crippen LogP contribution >= 0.6 is 0 Å². The zero-order valence-electron chi connectivity index (χ0n) is 7.58. The molecule has 0 aliphatic rings. The summed E-state index contributed by atoms with van der Waals surface area (Å²) in [4.78, 5) is 15.0. The highest BCUT2D eigenvalue weighted by atomic mass is 16.1. The number of primary amides is 1. The van der Waals surface area contributed by atoms with Gasteiger partial charge in [-0.05, 0) is 18.6 Å². The van der Waals surface area contributed by atoms with E-state index in [-0.39, 0.29) is 0 Å². The zero-order chi connectivity index (χ0) is 9.68. The Morgan fingerprint density at radius 2 is 2.46 bits per heavy atom. The van der Waals surface area contributed by atoms with Gasteiger partial charge in [-0.3, -0.25) is 4.79 Å². The van der Waals surface area contributed by atoms with Crippen LogP contribution in [0.2, 0.25) is 0 Å². The molecule has 4 nitrogen and oxygen atoms in total. The van der Waals surface area contributed by atoms with Gasteiger partial charge in [-0.25, -0.2) is 4.98 Å². The van der Waals surface area contributed by atoms with E-state index in [9.17, 15) is 4.79 Å². The molecule has 0 saturated carbocycles.